The second kappa shape index (κ2) is 4.87. The summed E-state index contributed by atoms with van der Waals surface area (Å²) in [5, 5.41) is 6.07. The highest BCUT2D eigenvalue weighted by Gasteiger charge is 2.35. The van der Waals surface area contributed by atoms with Crippen LogP contribution in [0.2, 0.25) is 0 Å². The minimum atomic E-state index is -4.45. The fourth-order valence-electron chi connectivity index (χ4n) is 1.54. The molecule has 0 unspecified atom stereocenters. The van der Waals surface area contributed by atoms with Gasteiger partial charge in [-0.2, -0.15) is 18.3 Å². The van der Waals surface area contributed by atoms with Crippen molar-refractivity contribution in [3.8, 4) is 0 Å². The van der Waals surface area contributed by atoms with Gasteiger partial charge in [-0.25, -0.2) is 0 Å². The van der Waals surface area contributed by atoms with Crippen LogP contribution in [0.3, 0.4) is 0 Å². The average Bonchev–Trinajstić information content (AvgIpc) is 2.52. The van der Waals surface area contributed by atoms with E-state index >= 15 is 0 Å². The first-order valence-electron chi connectivity index (χ1n) is 5.31. The highest BCUT2D eigenvalue weighted by molar-refractivity contribution is 5.99. The number of nitrogens with one attached hydrogen (secondary N) is 1. The van der Waals surface area contributed by atoms with Gasteiger partial charge in [-0.15, -0.1) is 0 Å². The number of nitrogens with zero attached hydrogens (tertiary/aromatic N) is 2. The zero-order valence-corrected chi connectivity index (χ0v) is 10.3. The van der Waals surface area contributed by atoms with E-state index in [4.69, 9.17) is 5.73 Å². The van der Waals surface area contributed by atoms with Crippen molar-refractivity contribution < 1.29 is 18.0 Å². The highest BCUT2D eigenvalue weighted by Crippen LogP contribution is 2.22. The molecule has 0 aromatic carbocycles. The molecule has 0 saturated carbocycles. The topological polar surface area (TPSA) is 75.0 Å². The summed E-state index contributed by atoms with van der Waals surface area (Å²) in [6.45, 7) is 3.24. The normalized spacial score (nSPS) is 11.9. The number of rotatable bonds is 3. The Kier molecular flexibility index (Phi) is 3.88. The largest absolute Gasteiger partial charge is 0.406 e. The number of halogens is 3. The molecule has 1 aromatic heterocycles. The molecular formula is C10H15F3N4O. The van der Waals surface area contributed by atoms with Crippen LogP contribution in [-0.4, -0.2) is 39.8 Å². The summed E-state index contributed by atoms with van der Waals surface area (Å²) in [7, 11) is 0. The van der Waals surface area contributed by atoms with E-state index in [0.717, 1.165) is 0 Å². The lowest BCUT2D eigenvalue weighted by atomic mass is 10.2. The van der Waals surface area contributed by atoms with E-state index in [2.05, 4.69) is 10.2 Å². The zero-order chi connectivity index (χ0) is 14.1. The molecule has 5 nitrogen and oxygen atoms in total. The Bertz CT molecular complexity index is 419. The van der Waals surface area contributed by atoms with E-state index in [1.807, 2.05) is 0 Å². The van der Waals surface area contributed by atoms with Gasteiger partial charge >= 0.3 is 6.18 Å². The molecule has 18 heavy (non-hydrogen) atoms. The number of nitrogen functional groups attached to an aromatic ring is 1. The number of hydrogen-bond acceptors (Lipinski definition) is 3. The lowest BCUT2D eigenvalue weighted by molar-refractivity contribution is -0.143. The van der Waals surface area contributed by atoms with E-state index in [9.17, 15) is 18.0 Å². The number of anilines is 1. The fourth-order valence-corrected chi connectivity index (χ4v) is 1.54. The van der Waals surface area contributed by atoms with Gasteiger partial charge in [0.2, 0.25) is 0 Å². The number of carbonyl (C=O) groups is 1. The number of aromatic amines is 1. The van der Waals surface area contributed by atoms with Gasteiger partial charge in [0.05, 0.1) is 0 Å². The van der Waals surface area contributed by atoms with E-state index in [1.54, 1.807) is 0 Å². The summed E-state index contributed by atoms with van der Waals surface area (Å²) in [4.78, 5) is 12.8. The maximum absolute atomic E-state index is 12.4. The van der Waals surface area contributed by atoms with Gasteiger partial charge in [0.1, 0.15) is 12.1 Å². The number of nitrogens with two attached hydrogens (primary N) is 1. The van der Waals surface area contributed by atoms with Crippen molar-refractivity contribution in [2.75, 3.05) is 12.3 Å². The molecule has 0 aliphatic rings. The molecule has 1 heterocycles. The second-order valence-electron chi connectivity index (χ2n) is 4.25. The molecular weight excluding hydrogens is 249 g/mol. The molecule has 0 atom stereocenters. The summed E-state index contributed by atoms with van der Waals surface area (Å²) in [6, 6.07) is -0.590. The molecule has 0 aliphatic carbocycles. The molecule has 0 aliphatic heterocycles. The molecule has 0 radical (unpaired) electrons. The van der Waals surface area contributed by atoms with Crippen molar-refractivity contribution in [1.82, 2.24) is 15.1 Å². The van der Waals surface area contributed by atoms with Gasteiger partial charge in [-0.05, 0) is 20.8 Å². The van der Waals surface area contributed by atoms with Gasteiger partial charge in [0.25, 0.3) is 5.91 Å². The molecule has 0 saturated heterocycles. The molecule has 1 amide bonds. The smallest absolute Gasteiger partial charge is 0.382 e. The first-order chi connectivity index (χ1) is 8.13. The number of aryl methyl sites for hydroxylation is 1. The number of carbonyl (C=O) groups excluding carboxylic acids is 1. The number of amides is 1. The number of H-pyrrole nitrogens is 1. The van der Waals surface area contributed by atoms with Crippen molar-refractivity contribution >= 4 is 11.7 Å². The maximum Gasteiger partial charge on any atom is 0.406 e. The van der Waals surface area contributed by atoms with Gasteiger partial charge < -0.3 is 10.6 Å². The minimum absolute atomic E-state index is 0.00653. The quantitative estimate of drug-likeness (QED) is 0.872. The summed E-state index contributed by atoms with van der Waals surface area (Å²) in [5.41, 5.74) is 5.82. The SMILES string of the molecule is Cc1[nH]nc(N)c1C(=O)N(CC(F)(F)F)C(C)C. The van der Waals surface area contributed by atoms with Crippen molar-refractivity contribution in [2.24, 2.45) is 0 Å². The third-order valence-electron chi connectivity index (χ3n) is 2.42. The number of aromatic nitrogens is 2. The average molecular weight is 264 g/mol. The number of hydrogen-bond donors (Lipinski definition) is 2. The third kappa shape index (κ3) is 3.14. The Hall–Kier alpha value is -1.73. The van der Waals surface area contributed by atoms with E-state index in [0.29, 0.717) is 10.6 Å². The lowest BCUT2D eigenvalue weighted by Crippen LogP contribution is -2.43. The fraction of sp³-hybridized carbons (Fsp3) is 0.600. The Morgan fingerprint density at radius 3 is 2.39 bits per heavy atom. The maximum atomic E-state index is 12.4. The minimum Gasteiger partial charge on any atom is -0.382 e. The molecule has 102 valence electrons. The molecule has 3 N–H and O–H groups in total. The summed E-state index contributed by atoms with van der Waals surface area (Å²) >= 11 is 0. The predicted molar refractivity (Wildman–Crippen MR) is 60.0 cm³/mol. The van der Waals surface area contributed by atoms with Crippen LogP contribution in [0.5, 0.6) is 0 Å². The van der Waals surface area contributed by atoms with Gasteiger partial charge in [0, 0.05) is 11.7 Å². The molecule has 0 spiro atoms. The molecule has 0 fully saturated rings. The molecule has 0 bridgehead atoms. The Labute approximate surface area is 102 Å². The highest BCUT2D eigenvalue weighted by atomic mass is 19.4. The van der Waals surface area contributed by atoms with Crippen molar-refractivity contribution in [3.05, 3.63) is 11.3 Å². The third-order valence-corrected chi connectivity index (χ3v) is 2.42. The van der Waals surface area contributed by atoms with E-state index < -0.39 is 24.7 Å². The Morgan fingerprint density at radius 2 is 2.06 bits per heavy atom. The molecule has 1 rings (SSSR count). The molecule has 1 aromatic rings. The van der Waals surface area contributed by atoms with Crippen molar-refractivity contribution in [2.45, 2.75) is 33.0 Å². The van der Waals surface area contributed by atoms with Gasteiger partial charge in [0.15, 0.2) is 5.82 Å². The Morgan fingerprint density at radius 1 is 1.50 bits per heavy atom. The predicted octanol–water partition coefficient (Wildman–Crippen LogP) is 1.71. The van der Waals surface area contributed by atoms with E-state index in [1.165, 1.54) is 20.8 Å². The monoisotopic (exact) mass is 264 g/mol. The molecule has 8 heteroatoms. The van der Waals surface area contributed by atoms with Crippen LogP contribution in [0.15, 0.2) is 0 Å². The second-order valence-corrected chi connectivity index (χ2v) is 4.25. The summed E-state index contributed by atoms with van der Waals surface area (Å²) in [5.74, 6) is -0.864. The van der Waals surface area contributed by atoms with Crippen LogP contribution < -0.4 is 5.73 Å². The van der Waals surface area contributed by atoms with Crippen LogP contribution in [0.25, 0.3) is 0 Å². The van der Waals surface area contributed by atoms with Gasteiger partial charge in [-0.1, -0.05) is 0 Å². The van der Waals surface area contributed by atoms with Crippen molar-refractivity contribution in [3.63, 3.8) is 0 Å². The van der Waals surface area contributed by atoms with E-state index in [-0.39, 0.29) is 11.4 Å². The van der Waals surface area contributed by atoms with Crippen LogP contribution in [0.1, 0.15) is 29.9 Å². The first kappa shape index (κ1) is 14.3. The van der Waals surface area contributed by atoms with Gasteiger partial charge in [-0.3, -0.25) is 9.89 Å². The van der Waals surface area contributed by atoms with Crippen LogP contribution in [0, 0.1) is 6.92 Å². The summed E-state index contributed by atoms with van der Waals surface area (Å²) < 4.78 is 37.3. The lowest BCUT2D eigenvalue weighted by Gasteiger charge is -2.27. The summed E-state index contributed by atoms with van der Waals surface area (Å²) in [6.07, 6.45) is -4.45. The van der Waals surface area contributed by atoms with Crippen LogP contribution in [-0.2, 0) is 0 Å². The van der Waals surface area contributed by atoms with Crippen LogP contribution in [0.4, 0.5) is 19.0 Å². The van der Waals surface area contributed by atoms with Crippen molar-refractivity contribution in [1.29, 1.82) is 0 Å². The first-order valence-corrected chi connectivity index (χ1v) is 5.31. The number of alkyl halides is 3. The standard InChI is InChI=1S/C10H15F3N4O/c1-5(2)17(4-10(11,12)13)9(18)7-6(3)15-16-8(7)14/h5H,4H2,1-3H3,(H3,14,15,16). The van der Waals surface area contributed by atoms with Crippen LogP contribution >= 0.6 is 0 Å². The zero-order valence-electron chi connectivity index (χ0n) is 10.3. The Balaban J connectivity index is 3.05.